The third kappa shape index (κ3) is 6.86. The molecule has 0 heterocycles. The van der Waals surface area contributed by atoms with Crippen LogP contribution in [0, 0.1) is 29.1 Å². The molecule has 0 saturated heterocycles. The molecule has 172 valence electrons. The lowest BCUT2D eigenvalue weighted by Gasteiger charge is -2.36. The molecule has 1 aromatic rings. The van der Waals surface area contributed by atoms with Crippen molar-refractivity contribution in [3.8, 4) is 6.07 Å². The molecule has 4 heteroatoms. The monoisotopic (exact) mass is 441 g/mol. The molecule has 32 heavy (non-hydrogen) atoms. The molecule has 1 aromatic carbocycles. The Morgan fingerprint density at radius 2 is 1.53 bits per heavy atom. The van der Waals surface area contributed by atoms with Crippen LogP contribution in [0.3, 0.4) is 0 Å². The highest BCUT2D eigenvalue weighted by molar-refractivity contribution is 5.27. The SMILES string of the molecule is C=C(C1CCC(CCC=CC=CC#N)CC1)C1CCC(c2ccc(C(F)(F)F)cc2)CC1. The third-order valence-electron chi connectivity index (χ3n) is 7.49. The van der Waals surface area contributed by atoms with E-state index in [4.69, 9.17) is 5.26 Å². The van der Waals surface area contributed by atoms with Gasteiger partial charge in [-0.05, 0) is 106 Å². The summed E-state index contributed by atoms with van der Waals surface area (Å²) in [5.41, 5.74) is 1.90. The molecule has 0 bridgehead atoms. The van der Waals surface area contributed by atoms with Gasteiger partial charge in [-0.3, -0.25) is 0 Å². The summed E-state index contributed by atoms with van der Waals surface area (Å²) in [6.45, 7) is 4.50. The van der Waals surface area contributed by atoms with Crippen molar-refractivity contribution >= 4 is 0 Å². The second kappa shape index (κ2) is 11.5. The fourth-order valence-electron chi connectivity index (χ4n) is 5.50. The molecule has 0 unspecified atom stereocenters. The maximum atomic E-state index is 12.8. The van der Waals surface area contributed by atoms with Crippen LogP contribution in [0.1, 0.15) is 81.3 Å². The fraction of sp³-hybridized carbons (Fsp3) is 0.536. The molecule has 0 aromatic heterocycles. The van der Waals surface area contributed by atoms with Crippen molar-refractivity contribution < 1.29 is 13.2 Å². The summed E-state index contributed by atoms with van der Waals surface area (Å²) in [7, 11) is 0. The highest BCUT2D eigenvalue weighted by Gasteiger charge is 2.32. The van der Waals surface area contributed by atoms with E-state index in [0.717, 1.165) is 43.6 Å². The number of allylic oxidation sites excluding steroid dienone is 5. The van der Waals surface area contributed by atoms with E-state index in [2.05, 4.69) is 12.7 Å². The molecule has 2 saturated carbocycles. The van der Waals surface area contributed by atoms with Gasteiger partial charge in [0.15, 0.2) is 0 Å². The summed E-state index contributed by atoms with van der Waals surface area (Å²) in [5.74, 6) is 2.36. The van der Waals surface area contributed by atoms with Gasteiger partial charge in [0, 0.05) is 6.08 Å². The Hall–Kier alpha value is -2.28. The van der Waals surface area contributed by atoms with E-state index in [0.29, 0.717) is 17.8 Å². The summed E-state index contributed by atoms with van der Waals surface area (Å²) in [4.78, 5) is 0. The van der Waals surface area contributed by atoms with Crippen LogP contribution in [0.15, 0.2) is 60.7 Å². The first kappa shape index (κ1) is 24.4. The highest BCUT2D eigenvalue weighted by Crippen LogP contribution is 2.44. The largest absolute Gasteiger partial charge is 0.416 e. The Labute approximate surface area is 190 Å². The Morgan fingerprint density at radius 1 is 0.938 bits per heavy atom. The van der Waals surface area contributed by atoms with E-state index in [1.54, 1.807) is 18.2 Å². The third-order valence-corrected chi connectivity index (χ3v) is 7.49. The van der Waals surface area contributed by atoms with Gasteiger partial charge in [-0.1, -0.05) is 42.5 Å². The maximum absolute atomic E-state index is 12.8. The summed E-state index contributed by atoms with van der Waals surface area (Å²) in [6, 6.07) is 7.76. The van der Waals surface area contributed by atoms with Crippen LogP contribution in [0.4, 0.5) is 13.2 Å². The zero-order valence-electron chi connectivity index (χ0n) is 18.8. The molecule has 0 amide bonds. The van der Waals surface area contributed by atoms with Gasteiger partial charge in [-0.2, -0.15) is 18.4 Å². The number of rotatable bonds is 7. The molecule has 0 radical (unpaired) electrons. The van der Waals surface area contributed by atoms with Crippen molar-refractivity contribution in [1.82, 2.24) is 0 Å². The van der Waals surface area contributed by atoms with Crippen LogP contribution >= 0.6 is 0 Å². The molecule has 0 atom stereocenters. The summed E-state index contributed by atoms with van der Waals surface area (Å²) >= 11 is 0. The van der Waals surface area contributed by atoms with Gasteiger partial charge >= 0.3 is 6.18 Å². The molecule has 2 aliphatic rings. The Morgan fingerprint density at radius 3 is 2.09 bits per heavy atom. The standard InChI is InChI=1S/C28H34F3N/c1-21(23-10-8-22(9-11-23)7-5-3-2-4-6-20-32)24-12-14-25(15-13-24)26-16-18-27(19-17-26)28(29,30)31/h2-4,6,16-19,22-25H,1,5,7-15H2. The van der Waals surface area contributed by atoms with Crippen LogP contribution in [-0.2, 0) is 6.18 Å². The maximum Gasteiger partial charge on any atom is 0.416 e. The highest BCUT2D eigenvalue weighted by atomic mass is 19.4. The van der Waals surface area contributed by atoms with Gasteiger partial charge in [-0.25, -0.2) is 0 Å². The Kier molecular flexibility index (Phi) is 8.79. The first-order chi connectivity index (χ1) is 15.4. The molecule has 1 nitrogen and oxygen atoms in total. The topological polar surface area (TPSA) is 23.8 Å². The number of hydrogen-bond acceptors (Lipinski definition) is 1. The van der Waals surface area contributed by atoms with Crippen molar-refractivity contribution in [2.75, 3.05) is 0 Å². The lowest BCUT2D eigenvalue weighted by molar-refractivity contribution is -0.137. The second-order valence-electron chi connectivity index (χ2n) is 9.45. The van der Waals surface area contributed by atoms with Crippen molar-refractivity contribution in [3.63, 3.8) is 0 Å². The molecular formula is C28H34F3N. The minimum absolute atomic E-state index is 0.369. The van der Waals surface area contributed by atoms with Gasteiger partial charge < -0.3 is 0 Å². The van der Waals surface area contributed by atoms with Crippen LogP contribution in [-0.4, -0.2) is 0 Å². The van der Waals surface area contributed by atoms with E-state index >= 15 is 0 Å². The molecule has 0 aliphatic heterocycles. The van der Waals surface area contributed by atoms with Crippen LogP contribution in [0.25, 0.3) is 0 Å². The van der Waals surface area contributed by atoms with Crippen molar-refractivity contribution in [2.24, 2.45) is 17.8 Å². The predicted octanol–water partition coefficient (Wildman–Crippen LogP) is 8.76. The molecular weight excluding hydrogens is 407 g/mol. The average molecular weight is 442 g/mol. The van der Waals surface area contributed by atoms with E-state index in [9.17, 15) is 13.2 Å². The second-order valence-corrected chi connectivity index (χ2v) is 9.45. The number of alkyl halides is 3. The lowest BCUT2D eigenvalue weighted by Crippen LogP contribution is -2.22. The minimum atomic E-state index is -4.26. The van der Waals surface area contributed by atoms with E-state index in [1.165, 1.54) is 55.9 Å². The first-order valence-corrected chi connectivity index (χ1v) is 12.0. The quantitative estimate of drug-likeness (QED) is 0.236. The van der Waals surface area contributed by atoms with Crippen molar-refractivity contribution in [2.45, 2.75) is 76.3 Å². The predicted molar refractivity (Wildman–Crippen MR) is 124 cm³/mol. The van der Waals surface area contributed by atoms with Gasteiger partial charge in [0.1, 0.15) is 0 Å². The van der Waals surface area contributed by atoms with Gasteiger partial charge in [0.25, 0.3) is 0 Å². The molecule has 3 rings (SSSR count). The van der Waals surface area contributed by atoms with Crippen molar-refractivity contribution in [1.29, 1.82) is 5.26 Å². The number of nitrogens with zero attached hydrogens (tertiary/aromatic N) is 1. The zero-order chi connectivity index (χ0) is 23.0. The van der Waals surface area contributed by atoms with Crippen molar-refractivity contribution in [3.05, 3.63) is 71.8 Å². The van der Waals surface area contributed by atoms with Crippen LogP contribution in [0.5, 0.6) is 0 Å². The number of benzene rings is 1. The Bertz CT molecular complexity index is 825. The minimum Gasteiger partial charge on any atom is -0.193 e. The first-order valence-electron chi connectivity index (χ1n) is 12.0. The molecule has 0 N–H and O–H groups in total. The van der Waals surface area contributed by atoms with Gasteiger partial charge in [0.2, 0.25) is 0 Å². The fourth-order valence-corrected chi connectivity index (χ4v) is 5.50. The summed E-state index contributed by atoms with van der Waals surface area (Å²) < 4.78 is 38.4. The van der Waals surface area contributed by atoms with Crippen LogP contribution < -0.4 is 0 Å². The average Bonchev–Trinajstić information content (AvgIpc) is 2.81. The smallest absolute Gasteiger partial charge is 0.193 e. The number of halogens is 3. The molecule has 2 aliphatic carbocycles. The van der Waals surface area contributed by atoms with Crippen LogP contribution in [0.2, 0.25) is 0 Å². The van der Waals surface area contributed by atoms with Gasteiger partial charge in [0.05, 0.1) is 11.6 Å². The molecule has 2 fully saturated rings. The molecule has 0 spiro atoms. The van der Waals surface area contributed by atoms with E-state index < -0.39 is 11.7 Å². The Balaban J connectivity index is 1.40. The number of nitriles is 1. The summed E-state index contributed by atoms with van der Waals surface area (Å²) in [5, 5.41) is 8.48. The van der Waals surface area contributed by atoms with E-state index in [1.807, 2.05) is 12.1 Å². The zero-order valence-corrected chi connectivity index (χ0v) is 18.8. The summed E-state index contributed by atoms with van der Waals surface area (Å²) in [6.07, 6.45) is 14.7. The van der Waals surface area contributed by atoms with E-state index in [-0.39, 0.29) is 0 Å². The lowest BCUT2D eigenvalue weighted by atomic mass is 9.69. The normalized spacial score (nSPS) is 26.9. The number of hydrogen-bond donors (Lipinski definition) is 0. The van der Waals surface area contributed by atoms with Gasteiger partial charge in [-0.15, -0.1) is 0 Å².